The number of aliphatic hydroxyl groups is 1. The van der Waals surface area contributed by atoms with Crippen molar-refractivity contribution < 1.29 is 16.4 Å². The number of nitrogen functional groups attached to an aromatic ring is 2. The van der Waals surface area contributed by atoms with Crippen LogP contribution >= 0.6 is 23.2 Å². The Labute approximate surface area is 154 Å². The van der Waals surface area contributed by atoms with E-state index in [1.165, 1.54) is 0 Å². The topological polar surface area (TPSA) is 159 Å². The lowest BCUT2D eigenvalue weighted by molar-refractivity contribution is -0.394. The zero-order chi connectivity index (χ0) is 19.6. The number of aliphatic hydroxyl groups excluding tert-OH is 1. The van der Waals surface area contributed by atoms with Crippen LogP contribution in [0, 0.1) is 20.2 Å². The number of nitro benzene ring substituents is 2. The Bertz CT molecular complexity index is 749. The first-order valence-electron chi connectivity index (χ1n) is 6.63. The van der Waals surface area contributed by atoms with Crippen molar-refractivity contribution in [2.45, 2.75) is 6.92 Å². The van der Waals surface area contributed by atoms with Crippen LogP contribution in [0.15, 0.2) is 36.4 Å². The molecule has 0 aliphatic heterocycles. The molecule has 138 valence electrons. The smallest absolute Gasteiger partial charge is 0.294 e. The molecule has 0 unspecified atom stereocenters. The van der Waals surface area contributed by atoms with Gasteiger partial charge in [0.25, 0.3) is 11.4 Å². The first-order valence-corrected chi connectivity index (χ1v) is 7.39. The van der Waals surface area contributed by atoms with E-state index < -0.39 is 15.5 Å². The van der Waals surface area contributed by atoms with Crippen molar-refractivity contribution in [2.75, 3.05) is 18.1 Å². The molecule has 0 aliphatic rings. The fourth-order valence-corrected chi connectivity index (χ4v) is 1.62. The predicted molar refractivity (Wildman–Crippen MR) is 98.9 cm³/mol. The van der Waals surface area contributed by atoms with E-state index in [4.69, 9.17) is 39.8 Å². The highest BCUT2D eigenvalue weighted by molar-refractivity contribution is 6.33. The maximum absolute atomic E-state index is 10.3. The molecule has 0 bridgehead atoms. The Balaban J connectivity index is 0. The van der Waals surface area contributed by atoms with Gasteiger partial charge in [0.05, 0.1) is 26.6 Å². The van der Waals surface area contributed by atoms with E-state index in [-0.39, 0.29) is 18.7 Å². The number of hydrogen-bond donors (Lipinski definition) is 3. The van der Waals surface area contributed by atoms with Gasteiger partial charge in [-0.05, 0) is 31.2 Å². The largest absolute Gasteiger partial charge is 1.00 e. The summed E-state index contributed by atoms with van der Waals surface area (Å²) in [6.45, 7) is 1.93. The number of nitro groups is 2. The van der Waals surface area contributed by atoms with Gasteiger partial charge in [-0.3, -0.25) is 20.2 Å². The SMILES string of the molecule is CCO.Nc1ccc(Cl)c(N)c1.O=[N+]([O-])c1ccc(Cl)c([N+](=O)[O-])c1.[2H-]. The van der Waals surface area contributed by atoms with Gasteiger partial charge in [0.15, 0.2) is 0 Å². The molecule has 0 aliphatic carbocycles. The molecular formula is C14H17Cl2N4O5-. The first kappa shape index (κ1) is 22.4. The van der Waals surface area contributed by atoms with E-state index in [2.05, 4.69) is 0 Å². The average molecular weight is 393 g/mol. The van der Waals surface area contributed by atoms with Crippen LogP contribution in [0.25, 0.3) is 0 Å². The Hall–Kier alpha value is -2.62. The van der Waals surface area contributed by atoms with E-state index in [1.807, 2.05) is 0 Å². The number of halogens is 2. The van der Waals surface area contributed by atoms with Crippen molar-refractivity contribution in [1.29, 1.82) is 0 Å². The van der Waals surface area contributed by atoms with Crippen LogP contribution in [0.4, 0.5) is 22.7 Å². The highest BCUT2D eigenvalue weighted by Gasteiger charge is 2.17. The quantitative estimate of drug-likeness (QED) is 0.398. The second-order valence-electron chi connectivity index (χ2n) is 4.25. The van der Waals surface area contributed by atoms with Crippen LogP contribution < -0.4 is 11.5 Å². The third-order valence-electron chi connectivity index (χ3n) is 2.36. The molecule has 2 aromatic rings. The fourth-order valence-electron chi connectivity index (χ4n) is 1.32. The lowest BCUT2D eigenvalue weighted by atomic mass is 10.3. The number of non-ortho nitro benzene ring substituents is 1. The lowest BCUT2D eigenvalue weighted by Crippen LogP contribution is -1.92. The molecule has 0 fully saturated rings. The minimum absolute atomic E-state index is 0. The van der Waals surface area contributed by atoms with Crippen molar-refractivity contribution in [2.24, 2.45) is 0 Å². The van der Waals surface area contributed by atoms with Crippen LogP contribution in [0.5, 0.6) is 0 Å². The van der Waals surface area contributed by atoms with E-state index in [1.54, 1.807) is 25.1 Å². The monoisotopic (exact) mass is 392 g/mol. The normalized spacial score (nSPS) is 9.12. The van der Waals surface area contributed by atoms with Crippen LogP contribution in [-0.4, -0.2) is 21.6 Å². The first-order chi connectivity index (χ1) is 11.6. The summed E-state index contributed by atoms with van der Waals surface area (Å²) in [4.78, 5) is 19.0. The maximum atomic E-state index is 10.3. The summed E-state index contributed by atoms with van der Waals surface area (Å²) < 4.78 is 0. The number of benzene rings is 2. The van der Waals surface area contributed by atoms with Gasteiger partial charge in [0.2, 0.25) is 0 Å². The fraction of sp³-hybridized carbons (Fsp3) is 0.143. The van der Waals surface area contributed by atoms with Gasteiger partial charge >= 0.3 is 0 Å². The number of nitrogens with two attached hydrogens (primary N) is 2. The van der Waals surface area contributed by atoms with Crippen molar-refractivity contribution in [3.8, 4) is 0 Å². The molecule has 25 heavy (non-hydrogen) atoms. The molecule has 5 N–H and O–H groups in total. The van der Waals surface area contributed by atoms with Crippen molar-refractivity contribution in [3.05, 3.63) is 66.7 Å². The summed E-state index contributed by atoms with van der Waals surface area (Å²) in [5, 5.41) is 28.5. The second kappa shape index (κ2) is 11.0. The van der Waals surface area contributed by atoms with E-state index in [0.29, 0.717) is 16.4 Å². The van der Waals surface area contributed by atoms with E-state index in [9.17, 15) is 20.2 Å². The van der Waals surface area contributed by atoms with Gasteiger partial charge < -0.3 is 18.0 Å². The number of anilines is 2. The van der Waals surface area contributed by atoms with Gasteiger partial charge in [-0.2, -0.15) is 0 Å². The Morgan fingerprint density at radius 3 is 1.96 bits per heavy atom. The zero-order valence-electron chi connectivity index (χ0n) is 14.1. The zero-order valence-corrected chi connectivity index (χ0v) is 14.6. The third kappa shape index (κ3) is 8.15. The van der Waals surface area contributed by atoms with Gasteiger partial charge in [-0.25, -0.2) is 0 Å². The molecule has 11 heteroatoms. The summed E-state index contributed by atoms with van der Waals surface area (Å²) in [5.74, 6) is 0. The van der Waals surface area contributed by atoms with Gasteiger partial charge in [0.1, 0.15) is 5.02 Å². The summed E-state index contributed by atoms with van der Waals surface area (Å²) in [7, 11) is 0. The van der Waals surface area contributed by atoms with Crippen LogP contribution in [-0.2, 0) is 0 Å². The number of nitrogens with zero attached hydrogens (tertiary/aromatic N) is 2. The highest BCUT2D eigenvalue weighted by Crippen LogP contribution is 2.28. The molecule has 0 heterocycles. The van der Waals surface area contributed by atoms with Crippen molar-refractivity contribution in [3.63, 3.8) is 0 Å². The molecule has 0 radical (unpaired) electrons. The molecule has 9 nitrogen and oxygen atoms in total. The van der Waals surface area contributed by atoms with Crippen LogP contribution in [0.1, 0.15) is 8.35 Å². The highest BCUT2D eigenvalue weighted by atomic mass is 35.5. The molecule has 0 saturated heterocycles. The Kier molecular flexibility index (Phi) is 9.87. The molecule has 0 amide bonds. The minimum atomic E-state index is -0.769. The van der Waals surface area contributed by atoms with Crippen LogP contribution in [0.3, 0.4) is 0 Å². The molecule has 2 aromatic carbocycles. The van der Waals surface area contributed by atoms with Crippen molar-refractivity contribution >= 4 is 46.0 Å². The molecular weight excluding hydrogens is 375 g/mol. The summed E-state index contributed by atoms with van der Waals surface area (Å²) >= 11 is 11.0. The minimum Gasteiger partial charge on any atom is -1.00 e. The molecule has 0 aromatic heterocycles. The predicted octanol–water partition coefficient (Wildman–Crippen LogP) is 3.77. The van der Waals surface area contributed by atoms with E-state index >= 15 is 0 Å². The van der Waals surface area contributed by atoms with Gasteiger partial charge in [-0.1, -0.05) is 23.2 Å². The summed E-state index contributed by atoms with van der Waals surface area (Å²) in [5.41, 5.74) is 11.1. The summed E-state index contributed by atoms with van der Waals surface area (Å²) in [6.07, 6.45) is 0. The molecule has 2 rings (SSSR count). The molecule has 0 saturated carbocycles. The second-order valence-corrected chi connectivity index (χ2v) is 5.06. The standard InChI is InChI=1S/C6H3ClN2O4.C6H7ClN2.C2H6O.H/c7-5-2-1-4(8(10)11)3-6(5)9(12)13;7-5-2-1-4(8)3-6(5)9;1-2-3;/h1-3H;1-3H,8-9H2;3H,2H2,1H3;/q;;;-1/i;;;1+1. The number of rotatable bonds is 2. The van der Waals surface area contributed by atoms with Gasteiger partial charge in [0, 0.05) is 18.4 Å². The van der Waals surface area contributed by atoms with Gasteiger partial charge in [-0.15, -0.1) is 0 Å². The average Bonchev–Trinajstić information content (AvgIpc) is 2.52. The number of hydrogen-bond acceptors (Lipinski definition) is 7. The van der Waals surface area contributed by atoms with Crippen LogP contribution in [0.2, 0.25) is 10.0 Å². The molecule has 0 spiro atoms. The lowest BCUT2D eigenvalue weighted by Gasteiger charge is -1.96. The molecule has 0 atom stereocenters. The maximum Gasteiger partial charge on any atom is 0.294 e. The third-order valence-corrected chi connectivity index (χ3v) is 3.02. The Morgan fingerprint density at radius 1 is 1.04 bits per heavy atom. The summed E-state index contributed by atoms with van der Waals surface area (Å²) in [6, 6.07) is 8.06. The van der Waals surface area contributed by atoms with Crippen molar-refractivity contribution in [1.82, 2.24) is 0 Å². The van der Waals surface area contributed by atoms with E-state index in [0.717, 1.165) is 18.2 Å². The Morgan fingerprint density at radius 2 is 1.56 bits per heavy atom.